The highest BCUT2D eigenvalue weighted by atomic mass is 16.5. The van der Waals surface area contributed by atoms with Crippen LogP contribution in [0.4, 0.5) is 0 Å². The molecule has 0 aliphatic carbocycles. The fourth-order valence-electron chi connectivity index (χ4n) is 1.86. The number of aliphatic hydroxyl groups is 2. The van der Waals surface area contributed by atoms with Crippen molar-refractivity contribution in [3.63, 3.8) is 0 Å². The van der Waals surface area contributed by atoms with Crippen molar-refractivity contribution in [3.8, 4) is 0 Å². The minimum Gasteiger partial charge on any atom is -0.394 e. The molecule has 3 unspecified atom stereocenters. The van der Waals surface area contributed by atoms with Gasteiger partial charge in [0.15, 0.2) is 12.4 Å². The monoisotopic (exact) mass is 210 g/mol. The first-order valence-electron chi connectivity index (χ1n) is 5.12. The van der Waals surface area contributed by atoms with E-state index < -0.39 is 12.2 Å². The van der Waals surface area contributed by atoms with Crippen molar-refractivity contribution in [2.75, 3.05) is 6.61 Å². The van der Waals surface area contributed by atoms with Crippen molar-refractivity contribution in [2.45, 2.75) is 31.8 Å². The topological polar surface area (TPSA) is 53.6 Å². The molecule has 2 rings (SSSR count). The molecule has 0 radical (unpaired) electrons. The van der Waals surface area contributed by atoms with Crippen molar-refractivity contribution < 1.29 is 19.5 Å². The molecule has 0 bridgehead atoms. The van der Waals surface area contributed by atoms with E-state index in [1.165, 1.54) is 0 Å². The molecule has 3 atom stereocenters. The van der Waals surface area contributed by atoms with Crippen LogP contribution in [0.1, 0.15) is 18.2 Å². The Morgan fingerprint density at radius 1 is 1.60 bits per heavy atom. The quantitative estimate of drug-likeness (QED) is 0.671. The normalized spacial score (nSPS) is 30.7. The largest absolute Gasteiger partial charge is 0.394 e. The van der Waals surface area contributed by atoms with Gasteiger partial charge in [0.25, 0.3) is 6.23 Å². The molecule has 0 amide bonds. The Hall–Kier alpha value is -0.970. The fourth-order valence-corrected chi connectivity index (χ4v) is 1.86. The Morgan fingerprint density at radius 2 is 2.40 bits per heavy atom. The van der Waals surface area contributed by atoms with E-state index in [0.717, 1.165) is 5.56 Å². The summed E-state index contributed by atoms with van der Waals surface area (Å²) in [7, 11) is 0. The Morgan fingerprint density at radius 3 is 3.00 bits per heavy atom. The standard InChI is InChI=1S/C11H16NO3/c1-8-3-2-4-12(6-8)11-5-9(14)10(7-13)15-11/h2-4,6,9-11,13-14H,5,7H2,1H3/q+1. The number of rotatable bonds is 2. The predicted octanol–water partition coefficient (Wildman–Crippen LogP) is -0.0768. The van der Waals surface area contributed by atoms with Crippen LogP contribution in [0.15, 0.2) is 24.5 Å². The van der Waals surface area contributed by atoms with E-state index in [1.54, 1.807) is 0 Å². The predicted molar refractivity (Wildman–Crippen MR) is 53.0 cm³/mol. The van der Waals surface area contributed by atoms with Crippen LogP contribution in [0.5, 0.6) is 0 Å². The summed E-state index contributed by atoms with van der Waals surface area (Å²) in [5, 5.41) is 18.6. The smallest absolute Gasteiger partial charge is 0.265 e. The first-order chi connectivity index (χ1) is 7.20. The molecule has 2 heterocycles. The van der Waals surface area contributed by atoms with E-state index in [1.807, 2.05) is 36.0 Å². The van der Waals surface area contributed by atoms with Crippen LogP contribution in [0.25, 0.3) is 0 Å². The van der Waals surface area contributed by atoms with E-state index in [0.29, 0.717) is 6.42 Å². The average molecular weight is 210 g/mol. The minimum atomic E-state index is -0.576. The summed E-state index contributed by atoms with van der Waals surface area (Å²) in [6.07, 6.45) is 3.20. The van der Waals surface area contributed by atoms with Gasteiger partial charge >= 0.3 is 0 Å². The van der Waals surface area contributed by atoms with Gasteiger partial charge < -0.3 is 14.9 Å². The molecule has 4 nitrogen and oxygen atoms in total. The van der Waals surface area contributed by atoms with Gasteiger partial charge in [0, 0.05) is 11.6 Å². The summed E-state index contributed by atoms with van der Waals surface area (Å²) in [6.45, 7) is 1.87. The van der Waals surface area contributed by atoms with E-state index in [4.69, 9.17) is 9.84 Å². The van der Waals surface area contributed by atoms with Crippen LogP contribution in [-0.4, -0.2) is 29.0 Å². The van der Waals surface area contributed by atoms with Crippen molar-refractivity contribution in [1.29, 1.82) is 0 Å². The van der Waals surface area contributed by atoms with E-state index in [2.05, 4.69) is 0 Å². The molecule has 4 heteroatoms. The zero-order chi connectivity index (χ0) is 10.8. The van der Waals surface area contributed by atoms with Gasteiger partial charge in [0.05, 0.1) is 19.1 Å². The van der Waals surface area contributed by atoms with Crippen LogP contribution < -0.4 is 4.57 Å². The zero-order valence-corrected chi connectivity index (χ0v) is 8.71. The molecular weight excluding hydrogens is 194 g/mol. The SMILES string of the molecule is Cc1ccc[n+](C2CC(O)C(CO)O2)c1. The van der Waals surface area contributed by atoms with Crippen LogP contribution in [0.2, 0.25) is 0 Å². The van der Waals surface area contributed by atoms with Crippen molar-refractivity contribution in [3.05, 3.63) is 30.1 Å². The molecule has 0 aromatic carbocycles. The van der Waals surface area contributed by atoms with E-state index in [-0.39, 0.29) is 12.8 Å². The molecule has 1 aromatic heterocycles. The number of aliphatic hydroxyl groups excluding tert-OH is 2. The first-order valence-corrected chi connectivity index (χ1v) is 5.12. The molecule has 0 spiro atoms. The summed E-state index contributed by atoms with van der Waals surface area (Å²) in [5.41, 5.74) is 1.14. The number of hydrogen-bond acceptors (Lipinski definition) is 3. The first kappa shape index (κ1) is 10.5. The van der Waals surface area contributed by atoms with E-state index in [9.17, 15) is 5.11 Å². The number of hydrogen-bond donors (Lipinski definition) is 2. The molecule has 1 fully saturated rings. The summed E-state index contributed by atoms with van der Waals surface area (Å²) in [4.78, 5) is 0. The van der Waals surface area contributed by atoms with Crippen LogP contribution >= 0.6 is 0 Å². The minimum absolute atomic E-state index is 0.135. The highest BCUT2D eigenvalue weighted by Crippen LogP contribution is 2.24. The number of aromatic nitrogens is 1. The third-order valence-electron chi connectivity index (χ3n) is 2.69. The van der Waals surface area contributed by atoms with Gasteiger partial charge in [-0.2, -0.15) is 4.57 Å². The molecule has 0 saturated carbocycles. The van der Waals surface area contributed by atoms with Crippen molar-refractivity contribution in [1.82, 2.24) is 0 Å². The third-order valence-corrected chi connectivity index (χ3v) is 2.69. The number of nitrogens with zero attached hydrogens (tertiary/aromatic N) is 1. The number of aryl methyl sites for hydroxylation is 1. The van der Waals surface area contributed by atoms with Gasteiger partial charge in [0.1, 0.15) is 6.10 Å². The Bertz CT molecular complexity index is 342. The molecule has 2 N–H and O–H groups in total. The van der Waals surface area contributed by atoms with Gasteiger partial charge in [-0.05, 0) is 13.0 Å². The van der Waals surface area contributed by atoms with Gasteiger partial charge in [-0.3, -0.25) is 0 Å². The van der Waals surface area contributed by atoms with Crippen LogP contribution in [0, 0.1) is 6.92 Å². The Kier molecular flexibility index (Phi) is 3.00. The molecule has 1 aromatic rings. The maximum Gasteiger partial charge on any atom is 0.265 e. The lowest BCUT2D eigenvalue weighted by Gasteiger charge is -2.08. The number of pyridine rings is 1. The lowest BCUT2D eigenvalue weighted by molar-refractivity contribution is -0.759. The molecule has 1 saturated heterocycles. The second-order valence-electron chi connectivity index (χ2n) is 3.94. The van der Waals surface area contributed by atoms with Crippen molar-refractivity contribution in [2.24, 2.45) is 0 Å². The molecule has 1 aliphatic heterocycles. The molecule has 15 heavy (non-hydrogen) atoms. The highest BCUT2D eigenvalue weighted by molar-refractivity contribution is 5.01. The van der Waals surface area contributed by atoms with E-state index >= 15 is 0 Å². The molecular formula is C11H16NO3+. The average Bonchev–Trinajstić information content (AvgIpc) is 2.60. The third kappa shape index (κ3) is 2.17. The van der Waals surface area contributed by atoms with Gasteiger partial charge in [-0.1, -0.05) is 0 Å². The molecule has 1 aliphatic rings. The lowest BCUT2D eigenvalue weighted by Crippen LogP contribution is -2.39. The Labute approximate surface area is 88.7 Å². The highest BCUT2D eigenvalue weighted by Gasteiger charge is 2.38. The Balaban J connectivity index is 2.13. The second-order valence-corrected chi connectivity index (χ2v) is 3.94. The fraction of sp³-hybridized carbons (Fsp3) is 0.545. The lowest BCUT2D eigenvalue weighted by atomic mass is 10.2. The van der Waals surface area contributed by atoms with Gasteiger partial charge in [-0.15, -0.1) is 0 Å². The maximum atomic E-state index is 9.59. The van der Waals surface area contributed by atoms with Crippen LogP contribution in [0.3, 0.4) is 0 Å². The number of ether oxygens (including phenoxy) is 1. The summed E-state index contributed by atoms with van der Waals surface area (Å²) < 4.78 is 7.45. The van der Waals surface area contributed by atoms with Gasteiger partial charge in [-0.25, -0.2) is 0 Å². The maximum absolute atomic E-state index is 9.59. The summed E-state index contributed by atoms with van der Waals surface area (Å²) >= 11 is 0. The van der Waals surface area contributed by atoms with Gasteiger partial charge in [0.2, 0.25) is 0 Å². The zero-order valence-electron chi connectivity index (χ0n) is 8.71. The second kappa shape index (κ2) is 4.26. The summed E-state index contributed by atoms with van der Waals surface area (Å²) in [6, 6.07) is 3.95. The van der Waals surface area contributed by atoms with Crippen molar-refractivity contribution >= 4 is 0 Å². The van der Waals surface area contributed by atoms with Crippen LogP contribution in [-0.2, 0) is 4.74 Å². The molecule has 82 valence electrons. The summed E-state index contributed by atoms with van der Waals surface area (Å²) in [5.74, 6) is 0.